The standard InChI is InChI=1S/C9H12Br2O/c1-6(12)8-5-3-2-4-7(8)9(8,10)11/h7H,2-5H2,1H3. The first-order valence-electron chi connectivity index (χ1n) is 4.42. The molecule has 2 atom stereocenters. The summed E-state index contributed by atoms with van der Waals surface area (Å²) in [5.41, 5.74) is -0.0642. The number of hydrogen-bond acceptors (Lipinski definition) is 1. The summed E-state index contributed by atoms with van der Waals surface area (Å²) in [6.07, 6.45) is 4.73. The van der Waals surface area contributed by atoms with Gasteiger partial charge in [-0.05, 0) is 25.7 Å². The third-order valence-corrected chi connectivity index (χ3v) is 6.01. The largest absolute Gasteiger partial charge is 0.299 e. The molecule has 2 aliphatic carbocycles. The summed E-state index contributed by atoms with van der Waals surface area (Å²) in [4.78, 5) is 11.5. The summed E-state index contributed by atoms with van der Waals surface area (Å²) in [6, 6.07) is 0. The van der Waals surface area contributed by atoms with Crippen LogP contribution in [-0.4, -0.2) is 9.02 Å². The van der Waals surface area contributed by atoms with E-state index in [-0.39, 0.29) is 8.65 Å². The minimum Gasteiger partial charge on any atom is -0.299 e. The molecule has 0 radical (unpaired) electrons. The van der Waals surface area contributed by atoms with Crippen LogP contribution in [0, 0.1) is 11.3 Å². The number of hydrogen-bond donors (Lipinski definition) is 0. The fourth-order valence-corrected chi connectivity index (χ4v) is 5.23. The molecule has 2 saturated carbocycles. The lowest BCUT2D eigenvalue weighted by atomic mass is 9.86. The van der Waals surface area contributed by atoms with E-state index >= 15 is 0 Å². The van der Waals surface area contributed by atoms with Gasteiger partial charge >= 0.3 is 0 Å². The van der Waals surface area contributed by atoms with Crippen molar-refractivity contribution in [3.8, 4) is 0 Å². The summed E-state index contributed by atoms with van der Waals surface area (Å²) in [6.45, 7) is 1.72. The monoisotopic (exact) mass is 294 g/mol. The molecule has 2 fully saturated rings. The highest BCUT2D eigenvalue weighted by molar-refractivity contribution is 9.25. The molecule has 0 aromatic heterocycles. The van der Waals surface area contributed by atoms with Gasteiger partial charge in [-0.1, -0.05) is 44.7 Å². The Balaban J connectivity index is 2.30. The Kier molecular flexibility index (Phi) is 1.97. The van der Waals surface area contributed by atoms with E-state index in [0.717, 1.165) is 6.42 Å². The molecule has 12 heavy (non-hydrogen) atoms. The Hall–Kier alpha value is 0.630. The van der Waals surface area contributed by atoms with Crippen molar-refractivity contribution >= 4 is 37.6 Å². The predicted molar refractivity (Wildman–Crippen MR) is 55.7 cm³/mol. The molecule has 0 heterocycles. The Labute approximate surface area is 89.5 Å². The highest BCUT2D eigenvalue weighted by Gasteiger charge is 2.76. The lowest BCUT2D eigenvalue weighted by Crippen LogP contribution is -2.21. The normalized spacial score (nSPS) is 43.4. The van der Waals surface area contributed by atoms with Gasteiger partial charge in [-0.15, -0.1) is 0 Å². The second kappa shape index (κ2) is 2.57. The molecule has 0 aromatic carbocycles. The molecule has 0 N–H and O–H groups in total. The molecule has 2 unspecified atom stereocenters. The second-order valence-electron chi connectivity index (χ2n) is 3.95. The van der Waals surface area contributed by atoms with Crippen molar-refractivity contribution in [2.75, 3.05) is 0 Å². The molecule has 0 aromatic rings. The van der Waals surface area contributed by atoms with E-state index in [4.69, 9.17) is 0 Å². The number of halogens is 2. The molecular formula is C9H12Br2O. The third-order valence-electron chi connectivity index (χ3n) is 3.49. The van der Waals surface area contributed by atoms with Crippen LogP contribution < -0.4 is 0 Å². The quantitative estimate of drug-likeness (QED) is 0.679. The summed E-state index contributed by atoms with van der Waals surface area (Å²) in [5, 5.41) is 0. The molecule has 68 valence electrons. The van der Waals surface area contributed by atoms with Crippen LogP contribution in [0.1, 0.15) is 32.6 Å². The van der Waals surface area contributed by atoms with Crippen molar-refractivity contribution in [2.24, 2.45) is 11.3 Å². The molecule has 2 rings (SSSR count). The molecule has 1 nitrogen and oxygen atoms in total. The first-order valence-corrected chi connectivity index (χ1v) is 6.01. The number of carbonyl (C=O) groups excluding carboxylic acids is 1. The summed E-state index contributed by atoms with van der Waals surface area (Å²) in [5.74, 6) is 0.886. The van der Waals surface area contributed by atoms with E-state index < -0.39 is 0 Å². The van der Waals surface area contributed by atoms with Gasteiger partial charge < -0.3 is 0 Å². The van der Waals surface area contributed by atoms with Gasteiger partial charge in [0, 0.05) is 0 Å². The number of fused-ring (bicyclic) bond motifs is 1. The maximum Gasteiger partial charge on any atom is 0.138 e. The van der Waals surface area contributed by atoms with E-state index in [1.54, 1.807) is 6.92 Å². The molecule has 0 spiro atoms. The maximum absolute atomic E-state index is 11.5. The van der Waals surface area contributed by atoms with Gasteiger partial charge in [-0.25, -0.2) is 0 Å². The fourth-order valence-electron chi connectivity index (χ4n) is 2.71. The first kappa shape index (κ1) is 9.20. The van der Waals surface area contributed by atoms with Crippen LogP contribution in [0.4, 0.5) is 0 Å². The predicted octanol–water partition coefficient (Wildman–Crippen LogP) is 3.25. The highest BCUT2D eigenvalue weighted by atomic mass is 79.9. The second-order valence-corrected chi connectivity index (χ2v) is 7.51. The van der Waals surface area contributed by atoms with E-state index in [0.29, 0.717) is 11.7 Å². The first-order chi connectivity index (χ1) is 5.53. The smallest absolute Gasteiger partial charge is 0.138 e. The van der Waals surface area contributed by atoms with E-state index in [2.05, 4.69) is 31.9 Å². The highest BCUT2D eigenvalue weighted by Crippen LogP contribution is 2.76. The Bertz CT molecular complexity index is 237. The van der Waals surface area contributed by atoms with E-state index in [1.807, 2.05) is 0 Å². The number of carbonyl (C=O) groups is 1. The Morgan fingerprint density at radius 3 is 2.50 bits per heavy atom. The van der Waals surface area contributed by atoms with Crippen LogP contribution in [0.2, 0.25) is 0 Å². The van der Waals surface area contributed by atoms with Crippen LogP contribution >= 0.6 is 31.9 Å². The fraction of sp³-hybridized carbons (Fsp3) is 0.889. The van der Waals surface area contributed by atoms with Crippen molar-refractivity contribution in [3.63, 3.8) is 0 Å². The van der Waals surface area contributed by atoms with Gasteiger partial charge in [0.2, 0.25) is 0 Å². The van der Waals surface area contributed by atoms with Crippen LogP contribution in [-0.2, 0) is 4.79 Å². The Morgan fingerprint density at radius 2 is 2.08 bits per heavy atom. The average molecular weight is 296 g/mol. The average Bonchev–Trinajstić information content (AvgIpc) is 2.52. The van der Waals surface area contributed by atoms with Crippen molar-refractivity contribution in [3.05, 3.63) is 0 Å². The molecular weight excluding hydrogens is 284 g/mol. The number of Topliss-reactive ketones (excluding diaryl/α,β-unsaturated/α-hetero) is 1. The Morgan fingerprint density at radius 1 is 1.42 bits per heavy atom. The third kappa shape index (κ3) is 0.872. The molecule has 3 heteroatoms. The number of ketones is 1. The zero-order valence-corrected chi connectivity index (χ0v) is 10.2. The lowest BCUT2D eigenvalue weighted by molar-refractivity contribution is -0.123. The summed E-state index contributed by atoms with van der Waals surface area (Å²) in [7, 11) is 0. The van der Waals surface area contributed by atoms with Gasteiger partial charge in [0.05, 0.1) is 8.65 Å². The number of rotatable bonds is 1. The van der Waals surface area contributed by atoms with Crippen LogP contribution in [0.5, 0.6) is 0 Å². The minimum atomic E-state index is -0.0642. The zero-order chi connectivity index (χ0) is 8.98. The number of alkyl halides is 2. The maximum atomic E-state index is 11.5. The van der Waals surface area contributed by atoms with Crippen molar-refractivity contribution in [2.45, 2.75) is 35.8 Å². The van der Waals surface area contributed by atoms with Crippen molar-refractivity contribution < 1.29 is 4.79 Å². The topological polar surface area (TPSA) is 17.1 Å². The van der Waals surface area contributed by atoms with E-state index in [9.17, 15) is 4.79 Å². The van der Waals surface area contributed by atoms with E-state index in [1.165, 1.54) is 19.3 Å². The van der Waals surface area contributed by atoms with Gasteiger partial charge in [-0.2, -0.15) is 0 Å². The van der Waals surface area contributed by atoms with Gasteiger partial charge in [0.25, 0.3) is 0 Å². The molecule has 0 saturated heterocycles. The van der Waals surface area contributed by atoms with Crippen LogP contribution in [0.15, 0.2) is 0 Å². The van der Waals surface area contributed by atoms with Crippen molar-refractivity contribution in [1.82, 2.24) is 0 Å². The molecule has 2 aliphatic rings. The zero-order valence-electron chi connectivity index (χ0n) is 7.07. The van der Waals surface area contributed by atoms with Crippen molar-refractivity contribution in [1.29, 1.82) is 0 Å². The van der Waals surface area contributed by atoms with Crippen LogP contribution in [0.3, 0.4) is 0 Å². The minimum absolute atomic E-state index is 0.0602. The molecule has 0 bridgehead atoms. The molecule has 0 amide bonds. The molecule has 0 aliphatic heterocycles. The SMILES string of the molecule is CC(=O)C12CCCCC1C2(Br)Br. The van der Waals surface area contributed by atoms with Gasteiger partial charge in [-0.3, -0.25) is 4.79 Å². The van der Waals surface area contributed by atoms with Gasteiger partial charge in [0.1, 0.15) is 5.78 Å². The lowest BCUT2D eigenvalue weighted by Gasteiger charge is -2.18. The summed E-state index contributed by atoms with van der Waals surface area (Å²) < 4.78 is -0.0602. The van der Waals surface area contributed by atoms with Crippen LogP contribution in [0.25, 0.3) is 0 Å². The summed E-state index contributed by atoms with van der Waals surface area (Å²) >= 11 is 7.27. The van der Waals surface area contributed by atoms with Gasteiger partial charge in [0.15, 0.2) is 0 Å².